The zero-order chi connectivity index (χ0) is 12.4. The molecule has 106 valence electrons. The lowest BCUT2D eigenvalue weighted by Gasteiger charge is -2.36. The van der Waals surface area contributed by atoms with Crippen LogP contribution < -0.4 is 5.73 Å². The van der Waals surface area contributed by atoms with Gasteiger partial charge in [0.15, 0.2) is 0 Å². The molecule has 0 aromatic rings. The molecule has 0 aromatic heterocycles. The molecule has 0 aliphatic heterocycles. The topological polar surface area (TPSA) is 26.0 Å². The van der Waals surface area contributed by atoms with Crippen LogP contribution in [0.1, 0.15) is 85.5 Å². The highest BCUT2D eigenvalue weighted by Gasteiger charge is 2.29. The molecular formula is C15H34BrN. The van der Waals surface area contributed by atoms with Gasteiger partial charge in [-0.1, -0.05) is 66.2 Å². The van der Waals surface area contributed by atoms with Crippen LogP contribution in [-0.2, 0) is 0 Å². The van der Waals surface area contributed by atoms with E-state index >= 15 is 0 Å². The molecule has 0 amide bonds. The smallest absolute Gasteiger partial charge is 0.0180 e. The molecular weight excluding hydrogens is 274 g/mol. The van der Waals surface area contributed by atoms with Crippen LogP contribution in [0.15, 0.2) is 0 Å². The summed E-state index contributed by atoms with van der Waals surface area (Å²) in [6.07, 6.45) is 11.5. The number of hydrogen-bond acceptors (Lipinski definition) is 1. The molecule has 1 nitrogen and oxygen atoms in total. The van der Waals surface area contributed by atoms with E-state index in [0.29, 0.717) is 5.92 Å². The van der Waals surface area contributed by atoms with E-state index in [1.54, 1.807) is 0 Å². The molecule has 2 N–H and O–H groups in total. The second-order valence-corrected chi connectivity index (χ2v) is 5.48. The molecule has 0 saturated carbocycles. The Morgan fingerprint density at radius 2 is 1.29 bits per heavy atom. The van der Waals surface area contributed by atoms with E-state index in [0.717, 1.165) is 0 Å². The molecule has 1 atom stereocenters. The van der Waals surface area contributed by atoms with Crippen molar-refractivity contribution in [3.05, 3.63) is 0 Å². The predicted molar refractivity (Wildman–Crippen MR) is 85.0 cm³/mol. The molecule has 0 rings (SSSR count). The van der Waals surface area contributed by atoms with Crippen molar-refractivity contribution in [3.63, 3.8) is 0 Å². The summed E-state index contributed by atoms with van der Waals surface area (Å²) < 4.78 is 0. The number of rotatable bonds is 10. The molecule has 0 aromatic carbocycles. The first-order valence-corrected chi connectivity index (χ1v) is 7.39. The summed E-state index contributed by atoms with van der Waals surface area (Å²) in [7, 11) is 0. The van der Waals surface area contributed by atoms with E-state index < -0.39 is 0 Å². The lowest BCUT2D eigenvalue weighted by Crippen LogP contribution is -2.46. The van der Waals surface area contributed by atoms with Gasteiger partial charge in [-0.25, -0.2) is 0 Å². The van der Waals surface area contributed by atoms with Crippen LogP contribution >= 0.6 is 17.0 Å². The first-order valence-electron chi connectivity index (χ1n) is 7.39. The molecule has 17 heavy (non-hydrogen) atoms. The van der Waals surface area contributed by atoms with Crippen molar-refractivity contribution in [2.75, 3.05) is 0 Å². The van der Waals surface area contributed by atoms with Crippen LogP contribution in [0.5, 0.6) is 0 Å². The molecule has 0 bridgehead atoms. The van der Waals surface area contributed by atoms with E-state index in [9.17, 15) is 0 Å². The Morgan fingerprint density at radius 3 is 1.65 bits per heavy atom. The Kier molecular flexibility index (Phi) is 13.4. The Morgan fingerprint density at radius 1 is 0.882 bits per heavy atom. The highest BCUT2D eigenvalue weighted by Crippen LogP contribution is 2.30. The molecule has 0 heterocycles. The number of halogens is 1. The van der Waals surface area contributed by atoms with E-state index in [1.165, 1.54) is 57.8 Å². The number of unbranched alkanes of at least 4 members (excludes halogenated alkanes) is 3. The van der Waals surface area contributed by atoms with Crippen LogP contribution in [0.4, 0.5) is 0 Å². The summed E-state index contributed by atoms with van der Waals surface area (Å²) in [5.41, 5.74) is 6.77. The van der Waals surface area contributed by atoms with Gasteiger partial charge in [-0.05, 0) is 25.2 Å². The maximum Gasteiger partial charge on any atom is 0.0180 e. The Hall–Kier alpha value is 0.440. The Labute approximate surface area is 120 Å². The van der Waals surface area contributed by atoms with E-state index in [1.807, 2.05) is 0 Å². The predicted octanol–water partition coefficient (Wildman–Crippen LogP) is 5.47. The molecule has 0 saturated heterocycles. The van der Waals surface area contributed by atoms with E-state index in [4.69, 9.17) is 5.73 Å². The van der Waals surface area contributed by atoms with E-state index in [2.05, 4.69) is 27.7 Å². The van der Waals surface area contributed by atoms with Gasteiger partial charge in [0.05, 0.1) is 0 Å². The van der Waals surface area contributed by atoms with Crippen LogP contribution in [0, 0.1) is 5.92 Å². The lowest BCUT2D eigenvalue weighted by atomic mass is 9.76. The fourth-order valence-electron chi connectivity index (χ4n) is 2.43. The van der Waals surface area contributed by atoms with E-state index in [-0.39, 0.29) is 22.5 Å². The maximum atomic E-state index is 6.65. The van der Waals surface area contributed by atoms with Gasteiger partial charge < -0.3 is 5.73 Å². The number of nitrogens with two attached hydrogens (primary N) is 1. The van der Waals surface area contributed by atoms with Crippen LogP contribution in [0.25, 0.3) is 0 Å². The van der Waals surface area contributed by atoms with Crippen molar-refractivity contribution in [1.29, 1.82) is 0 Å². The van der Waals surface area contributed by atoms with Gasteiger partial charge in [-0.3, -0.25) is 0 Å². The molecule has 0 radical (unpaired) electrons. The average molecular weight is 308 g/mol. The molecule has 2 heteroatoms. The van der Waals surface area contributed by atoms with Crippen molar-refractivity contribution in [3.8, 4) is 0 Å². The van der Waals surface area contributed by atoms with Crippen LogP contribution in [0.2, 0.25) is 0 Å². The minimum absolute atomic E-state index is 0. The maximum absolute atomic E-state index is 6.65. The second kappa shape index (κ2) is 11.5. The highest BCUT2D eigenvalue weighted by atomic mass is 79.9. The third-order valence-electron chi connectivity index (χ3n) is 3.96. The summed E-state index contributed by atoms with van der Waals surface area (Å²) in [5, 5.41) is 0. The molecule has 0 spiro atoms. The molecule has 0 fully saturated rings. The summed E-state index contributed by atoms with van der Waals surface area (Å²) >= 11 is 0. The quantitative estimate of drug-likeness (QED) is 0.569. The first-order chi connectivity index (χ1) is 7.60. The van der Waals surface area contributed by atoms with Crippen molar-refractivity contribution in [2.45, 2.75) is 91.0 Å². The Bertz CT molecular complexity index is 151. The van der Waals surface area contributed by atoms with Crippen molar-refractivity contribution in [2.24, 2.45) is 11.7 Å². The van der Waals surface area contributed by atoms with Gasteiger partial charge in [0.2, 0.25) is 0 Å². The highest BCUT2D eigenvalue weighted by molar-refractivity contribution is 8.93. The van der Waals surface area contributed by atoms with Crippen molar-refractivity contribution >= 4 is 17.0 Å². The average Bonchev–Trinajstić information content (AvgIpc) is 2.30. The van der Waals surface area contributed by atoms with Crippen LogP contribution in [0.3, 0.4) is 0 Å². The van der Waals surface area contributed by atoms with Crippen molar-refractivity contribution < 1.29 is 0 Å². The summed E-state index contributed by atoms with van der Waals surface area (Å²) in [6.45, 7) is 9.15. The summed E-state index contributed by atoms with van der Waals surface area (Å²) in [6, 6.07) is 0. The summed E-state index contributed by atoms with van der Waals surface area (Å²) in [5.74, 6) is 0.686. The van der Waals surface area contributed by atoms with Gasteiger partial charge in [0.1, 0.15) is 0 Å². The third kappa shape index (κ3) is 8.20. The standard InChI is InChI=1S/C15H33N.BrH/c1-5-8-11-14(4)15(16,12-9-6-2)13-10-7-3;/h14H,5-13,16H2,1-4H3;1H. The minimum atomic E-state index is 0. The minimum Gasteiger partial charge on any atom is -0.325 e. The van der Waals surface area contributed by atoms with Gasteiger partial charge >= 0.3 is 0 Å². The number of hydrogen-bond donors (Lipinski definition) is 1. The molecule has 0 aliphatic rings. The molecule has 0 aliphatic carbocycles. The largest absolute Gasteiger partial charge is 0.325 e. The SMILES string of the molecule is Br.CCCCC(C)C(N)(CCCC)CCCC. The zero-order valence-corrected chi connectivity index (χ0v) is 14.1. The monoisotopic (exact) mass is 307 g/mol. The van der Waals surface area contributed by atoms with Gasteiger partial charge in [-0.15, -0.1) is 17.0 Å². The zero-order valence-electron chi connectivity index (χ0n) is 12.4. The van der Waals surface area contributed by atoms with Gasteiger partial charge in [0.25, 0.3) is 0 Å². The fourth-order valence-corrected chi connectivity index (χ4v) is 2.43. The lowest BCUT2D eigenvalue weighted by molar-refractivity contribution is 0.224. The molecule has 1 unspecified atom stereocenters. The van der Waals surface area contributed by atoms with Crippen LogP contribution in [-0.4, -0.2) is 5.54 Å². The normalized spacial score (nSPS) is 13.2. The summed E-state index contributed by atoms with van der Waals surface area (Å²) in [4.78, 5) is 0. The fraction of sp³-hybridized carbons (Fsp3) is 1.00. The van der Waals surface area contributed by atoms with Gasteiger partial charge in [-0.2, -0.15) is 0 Å². The Balaban J connectivity index is 0. The van der Waals surface area contributed by atoms with Crippen molar-refractivity contribution in [1.82, 2.24) is 0 Å². The van der Waals surface area contributed by atoms with Gasteiger partial charge in [0, 0.05) is 5.54 Å². The second-order valence-electron chi connectivity index (χ2n) is 5.48. The first kappa shape index (κ1) is 19.8. The third-order valence-corrected chi connectivity index (χ3v) is 3.96.